The van der Waals surface area contributed by atoms with Gasteiger partial charge in [0.05, 0.1) is 6.61 Å². The molecule has 5 nitrogen and oxygen atoms in total. The first kappa shape index (κ1) is 11.6. The fourth-order valence-corrected chi connectivity index (χ4v) is 0.640. The number of ether oxygens (including phenoxy) is 1. The van der Waals surface area contributed by atoms with Crippen LogP contribution in [0.1, 0.15) is 26.7 Å². The van der Waals surface area contributed by atoms with E-state index in [0.717, 1.165) is 12.8 Å². The summed E-state index contributed by atoms with van der Waals surface area (Å²) in [5, 5.41) is 11.8. The van der Waals surface area contributed by atoms with Gasteiger partial charge in [0.1, 0.15) is 6.07 Å². The molecule has 0 rings (SSSR count). The highest BCUT2D eigenvalue weighted by Gasteiger charge is 2.23. The van der Waals surface area contributed by atoms with Gasteiger partial charge in [-0.3, -0.25) is 5.43 Å². The highest BCUT2D eigenvalue weighted by molar-refractivity contribution is 5.32. The van der Waals surface area contributed by atoms with Crippen molar-refractivity contribution >= 4 is 6.08 Å². The van der Waals surface area contributed by atoms with E-state index in [-0.39, 0.29) is 0 Å². The summed E-state index contributed by atoms with van der Waals surface area (Å²) in [6, 6.07) is 1.87. The summed E-state index contributed by atoms with van der Waals surface area (Å²) in [4.78, 5) is 9.78. The number of nitriles is 1. The first-order valence-electron chi connectivity index (χ1n) is 4.07. The lowest BCUT2D eigenvalue weighted by Gasteiger charge is -2.20. The molecule has 0 aromatic carbocycles. The van der Waals surface area contributed by atoms with Crippen LogP contribution in [0.2, 0.25) is 0 Å². The second-order valence-corrected chi connectivity index (χ2v) is 2.66. The molecule has 0 aromatic heterocycles. The number of isocyanates is 1. The van der Waals surface area contributed by atoms with Crippen LogP contribution in [0.15, 0.2) is 5.10 Å². The second kappa shape index (κ2) is 6.18. The minimum Gasteiger partial charge on any atom is -0.342 e. The molecule has 1 unspecified atom stereocenters. The van der Waals surface area contributed by atoms with Crippen LogP contribution in [-0.4, -0.2) is 18.4 Å². The maximum absolute atomic E-state index is 9.78. The number of hydrogen-bond donors (Lipinski definition) is 1. The molecule has 13 heavy (non-hydrogen) atoms. The van der Waals surface area contributed by atoms with Gasteiger partial charge in [0, 0.05) is 0 Å². The van der Waals surface area contributed by atoms with Gasteiger partial charge in [-0.25, -0.2) is 4.79 Å². The largest absolute Gasteiger partial charge is 0.342 e. The molecule has 0 fully saturated rings. The van der Waals surface area contributed by atoms with E-state index in [1.165, 1.54) is 13.0 Å². The van der Waals surface area contributed by atoms with E-state index in [9.17, 15) is 4.79 Å². The molecule has 0 amide bonds. The molecular formula is C8H13N3O2. The molecule has 0 radical (unpaired) electrons. The predicted octanol–water partition coefficient (Wildman–Crippen LogP) is 0.883. The highest BCUT2D eigenvalue weighted by atomic mass is 16.5. The number of carbonyl (C=O) groups excluding carboxylic acids is 1. The molecule has 5 heteroatoms. The van der Waals surface area contributed by atoms with E-state index in [0.29, 0.717) is 6.61 Å². The predicted molar refractivity (Wildman–Crippen MR) is 46.1 cm³/mol. The fourth-order valence-electron chi connectivity index (χ4n) is 0.640. The van der Waals surface area contributed by atoms with Crippen molar-refractivity contribution in [2.45, 2.75) is 32.4 Å². The molecule has 0 saturated heterocycles. The molecule has 1 atom stereocenters. The molecule has 0 heterocycles. The van der Waals surface area contributed by atoms with Gasteiger partial charge in [-0.15, -0.1) is 0 Å². The molecule has 1 N–H and O–H groups in total. The van der Waals surface area contributed by atoms with Crippen molar-refractivity contribution in [1.82, 2.24) is 5.43 Å². The van der Waals surface area contributed by atoms with Crippen molar-refractivity contribution in [3.05, 3.63) is 0 Å². The Morgan fingerprint density at radius 3 is 2.85 bits per heavy atom. The topological polar surface area (TPSA) is 74.5 Å². The van der Waals surface area contributed by atoms with Gasteiger partial charge in [0.2, 0.25) is 5.72 Å². The average Bonchev–Trinajstić information content (AvgIpc) is 2.15. The average molecular weight is 183 g/mol. The van der Waals surface area contributed by atoms with Crippen LogP contribution in [-0.2, 0) is 9.53 Å². The Hall–Kier alpha value is -1.37. The van der Waals surface area contributed by atoms with Gasteiger partial charge in [-0.1, -0.05) is 18.4 Å². The van der Waals surface area contributed by atoms with Crippen LogP contribution in [0.5, 0.6) is 0 Å². The Bertz CT molecular complexity index is 230. The maximum Gasteiger partial charge on any atom is 0.258 e. The number of hydrogen-bond acceptors (Lipinski definition) is 5. The molecule has 0 aliphatic heterocycles. The van der Waals surface area contributed by atoms with Gasteiger partial charge in [-0.05, 0) is 13.3 Å². The monoisotopic (exact) mass is 183 g/mol. The van der Waals surface area contributed by atoms with Crippen LogP contribution >= 0.6 is 0 Å². The first-order valence-corrected chi connectivity index (χ1v) is 4.07. The standard InChI is InChI=1S/C8H13N3O2/c1-3-4-5-13-8(2,6-9)11-10-7-12/h11H,3-5H2,1-2H3. The summed E-state index contributed by atoms with van der Waals surface area (Å²) in [5.41, 5.74) is 1.04. The van der Waals surface area contributed by atoms with Crippen molar-refractivity contribution in [2.75, 3.05) is 6.61 Å². The second-order valence-electron chi connectivity index (χ2n) is 2.66. The van der Waals surface area contributed by atoms with Crippen molar-refractivity contribution in [3.8, 4) is 6.07 Å². The third-order valence-electron chi connectivity index (χ3n) is 1.42. The number of rotatable bonds is 6. The van der Waals surface area contributed by atoms with Gasteiger partial charge < -0.3 is 4.74 Å². The zero-order chi connectivity index (χ0) is 10.2. The third kappa shape index (κ3) is 4.96. The number of hydrazone groups is 1. The lowest BCUT2D eigenvalue weighted by Crippen LogP contribution is -2.40. The normalized spacial score (nSPS) is 13.6. The van der Waals surface area contributed by atoms with E-state index in [1.54, 1.807) is 0 Å². The summed E-state index contributed by atoms with van der Waals surface area (Å²) in [6.45, 7) is 3.98. The Morgan fingerprint density at radius 1 is 1.69 bits per heavy atom. The number of nitrogens with one attached hydrogen (secondary N) is 1. The van der Waals surface area contributed by atoms with Crippen molar-refractivity contribution < 1.29 is 9.53 Å². The van der Waals surface area contributed by atoms with Gasteiger partial charge >= 0.3 is 0 Å². The molecule has 0 aliphatic rings. The SMILES string of the molecule is CCCCOC(C)(C#N)NN=C=O. The molecule has 0 saturated carbocycles. The molecule has 0 bridgehead atoms. The van der Waals surface area contributed by atoms with Crippen molar-refractivity contribution in [1.29, 1.82) is 5.26 Å². The van der Waals surface area contributed by atoms with Crippen LogP contribution in [0.3, 0.4) is 0 Å². The quantitative estimate of drug-likeness (QED) is 0.218. The Morgan fingerprint density at radius 2 is 2.38 bits per heavy atom. The van der Waals surface area contributed by atoms with E-state index in [1.807, 2.05) is 13.0 Å². The summed E-state index contributed by atoms with van der Waals surface area (Å²) >= 11 is 0. The van der Waals surface area contributed by atoms with Crippen LogP contribution in [0.25, 0.3) is 0 Å². The number of nitrogens with zero attached hydrogens (tertiary/aromatic N) is 2. The van der Waals surface area contributed by atoms with Crippen LogP contribution in [0, 0.1) is 11.3 Å². The molecule has 72 valence electrons. The molecule has 0 aliphatic carbocycles. The molecular weight excluding hydrogens is 170 g/mol. The third-order valence-corrected chi connectivity index (χ3v) is 1.42. The van der Waals surface area contributed by atoms with Gasteiger partial charge in [0.15, 0.2) is 0 Å². The highest BCUT2D eigenvalue weighted by Crippen LogP contribution is 2.05. The maximum atomic E-state index is 9.78. The Kier molecular flexibility index (Phi) is 5.53. The zero-order valence-corrected chi connectivity index (χ0v) is 7.83. The van der Waals surface area contributed by atoms with E-state index >= 15 is 0 Å². The number of unbranched alkanes of at least 4 members (excludes halogenated alkanes) is 1. The zero-order valence-electron chi connectivity index (χ0n) is 7.83. The summed E-state index contributed by atoms with van der Waals surface area (Å²) in [5.74, 6) is 0. The van der Waals surface area contributed by atoms with Crippen LogP contribution < -0.4 is 5.43 Å². The summed E-state index contributed by atoms with van der Waals surface area (Å²) < 4.78 is 5.18. The van der Waals surface area contributed by atoms with E-state index in [2.05, 4.69) is 10.5 Å². The smallest absolute Gasteiger partial charge is 0.258 e. The molecule has 0 aromatic rings. The fraction of sp³-hybridized carbons (Fsp3) is 0.750. The van der Waals surface area contributed by atoms with Gasteiger partial charge in [0.25, 0.3) is 6.08 Å². The van der Waals surface area contributed by atoms with Crippen LogP contribution in [0.4, 0.5) is 0 Å². The Balaban J connectivity index is 3.97. The van der Waals surface area contributed by atoms with Gasteiger partial charge in [-0.2, -0.15) is 5.26 Å². The van der Waals surface area contributed by atoms with E-state index in [4.69, 9.17) is 10.00 Å². The summed E-state index contributed by atoms with van der Waals surface area (Å²) in [6.07, 6.45) is 3.13. The Labute approximate surface area is 77.4 Å². The van der Waals surface area contributed by atoms with Crippen molar-refractivity contribution in [3.63, 3.8) is 0 Å². The van der Waals surface area contributed by atoms with E-state index < -0.39 is 5.72 Å². The minimum atomic E-state index is -1.23. The lowest BCUT2D eigenvalue weighted by molar-refractivity contribution is -0.0143. The first-order chi connectivity index (χ1) is 6.18. The lowest BCUT2D eigenvalue weighted by atomic mass is 10.3. The summed E-state index contributed by atoms with van der Waals surface area (Å²) in [7, 11) is 0. The minimum absolute atomic E-state index is 0.460. The molecule has 0 spiro atoms. The van der Waals surface area contributed by atoms with Crippen molar-refractivity contribution in [2.24, 2.45) is 5.10 Å².